The maximum Gasteiger partial charge on any atom is 0.123 e. The van der Waals surface area contributed by atoms with Crippen LogP contribution in [-0.4, -0.2) is 47.1 Å². The van der Waals surface area contributed by atoms with Crippen LogP contribution in [0.25, 0.3) is 0 Å². The topological polar surface area (TPSA) is 32.5 Å². The summed E-state index contributed by atoms with van der Waals surface area (Å²) in [6, 6.07) is 8.06. The van der Waals surface area contributed by atoms with Crippen LogP contribution in [0.4, 0.5) is 4.39 Å². The molecule has 3 nitrogen and oxygen atoms in total. The molecule has 3 fully saturated rings. The van der Waals surface area contributed by atoms with E-state index < -0.39 is 0 Å². The van der Waals surface area contributed by atoms with Gasteiger partial charge in [0.1, 0.15) is 5.82 Å². The molecule has 1 saturated carbocycles. The lowest BCUT2D eigenvalue weighted by atomic mass is 9.65. The number of nitrogens with two attached hydrogens (primary N) is 1. The number of rotatable bonds is 2. The van der Waals surface area contributed by atoms with Crippen LogP contribution in [-0.2, 0) is 6.54 Å². The molecule has 2 N–H and O–H groups in total. The summed E-state index contributed by atoms with van der Waals surface area (Å²) in [5.41, 5.74) is 7.48. The minimum Gasteiger partial charge on any atom is -0.328 e. The van der Waals surface area contributed by atoms with Crippen LogP contribution in [0.5, 0.6) is 0 Å². The minimum absolute atomic E-state index is 0.133. The zero-order valence-corrected chi connectivity index (χ0v) is 12.5. The van der Waals surface area contributed by atoms with E-state index in [2.05, 4.69) is 9.80 Å². The molecule has 2 heterocycles. The second-order valence-electron chi connectivity index (χ2n) is 7.02. The van der Waals surface area contributed by atoms with E-state index in [0.717, 1.165) is 38.0 Å². The van der Waals surface area contributed by atoms with E-state index in [-0.39, 0.29) is 11.4 Å². The summed E-state index contributed by atoms with van der Waals surface area (Å²) in [5, 5.41) is 0. The molecule has 2 saturated heterocycles. The average Bonchev–Trinajstić information content (AvgIpc) is 2.89. The van der Waals surface area contributed by atoms with Crippen molar-refractivity contribution in [3.63, 3.8) is 0 Å². The molecule has 114 valence electrons. The van der Waals surface area contributed by atoms with Gasteiger partial charge in [-0.1, -0.05) is 12.1 Å². The Kier molecular flexibility index (Phi) is 3.28. The molecule has 1 unspecified atom stereocenters. The third-order valence-electron chi connectivity index (χ3n) is 5.76. The van der Waals surface area contributed by atoms with Gasteiger partial charge in [-0.3, -0.25) is 9.80 Å². The first-order chi connectivity index (χ1) is 10.2. The van der Waals surface area contributed by atoms with Gasteiger partial charge in [-0.15, -0.1) is 0 Å². The monoisotopic (exact) mass is 289 g/mol. The molecule has 0 bridgehead atoms. The van der Waals surface area contributed by atoms with Gasteiger partial charge in [0.25, 0.3) is 0 Å². The van der Waals surface area contributed by atoms with Crippen LogP contribution in [0, 0.1) is 5.82 Å². The summed E-state index contributed by atoms with van der Waals surface area (Å²) in [5.74, 6) is -0.133. The van der Waals surface area contributed by atoms with Gasteiger partial charge in [-0.25, -0.2) is 4.39 Å². The summed E-state index contributed by atoms with van der Waals surface area (Å²) in [6.07, 6.45) is 4.81. The van der Waals surface area contributed by atoms with Crippen molar-refractivity contribution in [3.8, 4) is 0 Å². The summed E-state index contributed by atoms with van der Waals surface area (Å²) < 4.78 is 13.4. The first-order valence-electron chi connectivity index (χ1n) is 8.16. The molecular formula is C17H24FN3. The number of piperazine rings is 1. The van der Waals surface area contributed by atoms with E-state index in [0.29, 0.717) is 12.1 Å². The SMILES string of the molecule is NC1CC2(C1)C1CCCN1CCN2Cc1cccc(F)c1. The number of fused-ring (bicyclic) bond motifs is 2. The predicted molar refractivity (Wildman–Crippen MR) is 81.3 cm³/mol. The Bertz CT molecular complexity index is 527. The van der Waals surface area contributed by atoms with Gasteiger partial charge < -0.3 is 5.73 Å². The lowest BCUT2D eigenvalue weighted by Gasteiger charge is -2.61. The second kappa shape index (κ2) is 5.04. The number of hydrogen-bond acceptors (Lipinski definition) is 3. The molecule has 0 amide bonds. The largest absolute Gasteiger partial charge is 0.328 e. The van der Waals surface area contributed by atoms with Gasteiger partial charge in [0.15, 0.2) is 0 Å². The molecule has 0 aromatic heterocycles. The van der Waals surface area contributed by atoms with Gasteiger partial charge >= 0.3 is 0 Å². The van der Waals surface area contributed by atoms with E-state index in [1.807, 2.05) is 12.1 Å². The molecule has 3 aliphatic rings. The van der Waals surface area contributed by atoms with Crippen molar-refractivity contribution in [2.45, 2.75) is 49.9 Å². The highest BCUT2D eigenvalue weighted by Crippen LogP contribution is 2.47. The molecule has 4 rings (SSSR count). The van der Waals surface area contributed by atoms with Crippen molar-refractivity contribution < 1.29 is 4.39 Å². The van der Waals surface area contributed by atoms with Gasteiger partial charge in [0.05, 0.1) is 0 Å². The molecule has 1 atom stereocenters. The van der Waals surface area contributed by atoms with Crippen LogP contribution >= 0.6 is 0 Å². The number of benzene rings is 1. The molecule has 2 aliphatic heterocycles. The van der Waals surface area contributed by atoms with E-state index in [1.54, 1.807) is 6.07 Å². The third kappa shape index (κ3) is 2.20. The number of hydrogen-bond donors (Lipinski definition) is 1. The summed E-state index contributed by atoms with van der Waals surface area (Å²) in [7, 11) is 0. The molecule has 4 heteroatoms. The van der Waals surface area contributed by atoms with Crippen molar-refractivity contribution in [1.29, 1.82) is 0 Å². The highest BCUT2D eigenvalue weighted by molar-refractivity contribution is 5.20. The average molecular weight is 289 g/mol. The molecule has 0 radical (unpaired) electrons. The van der Waals surface area contributed by atoms with Crippen LogP contribution in [0.15, 0.2) is 24.3 Å². The Hall–Kier alpha value is -0.970. The van der Waals surface area contributed by atoms with Crippen molar-refractivity contribution in [2.24, 2.45) is 5.73 Å². The summed E-state index contributed by atoms with van der Waals surface area (Å²) in [4.78, 5) is 5.26. The fourth-order valence-electron chi connectivity index (χ4n) is 4.86. The zero-order valence-electron chi connectivity index (χ0n) is 12.5. The highest BCUT2D eigenvalue weighted by atomic mass is 19.1. The van der Waals surface area contributed by atoms with E-state index >= 15 is 0 Å². The highest BCUT2D eigenvalue weighted by Gasteiger charge is 2.56. The van der Waals surface area contributed by atoms with Crippen molar-refractivity contribution >= 4 is 0 Å². The van der Waals surface area contributed by atoms with Crippen molar-refractivity contribution in [1.82, 2.24) is 9.80 Å². The first-order valence-corrected chi connectivity index (χ1v) is 8.16. The lowest BCUT2D eigenvalue weighted by molar-refractivity contribution is -0.0969. The normalized spacial score (nSPS) is 36.7. The molecule has 21 heavy (non-hydrogen) atoms. The minimum atomic E-state index is -0.133. The molecule has 1 spiro atoms. The van der Waals surface area contributed by atoms with Crippen molar-refractivity contribution in [3.05, 3.63) is 35.6 Å². The Morgan fingerprint density at radius 3 is 2.86 bits per heavy atom. The summed E-state index contributed by atoms with van der Waals surface area (Å²) >= 11 is 0. The van der Waals surface area contributed by atoms with Gasteiger partial charge in [-0.05, 0) is 49.9 Å². The molecule has 1 aromatic rings. The van der Waals surface area contributed by atoms with E-state index in [4.69, 9.17) is 5.73 Å². The summed E-state index contributed by atoms with van der Waals surface area (Å²) in [6.45, 7) is 4.33. The predicted octanol–water partition coefficient (Wildman–Crippen LogP) is 1.97. The number of nitrogens with zero attached hydrogens (tertiary/aromatic N) is 2. The van der Waals surface area contributed by atoms with Gasteiger partial charge in [-0.2, -0.15) is 0 Å². The smallest absolute Gasteiger partial charge is 0.123 e. The van der Waals surface area contributed by atoms with E-state index in [1.165, 1.54) is 25.5 Å². The Labute approximate surface area is 125 Å². The van der Waals surface area contributed by atoms with Crippen molar-refractivity contribution in [2.75, 3.05) is 19.6 Å². The van der Waals surface area contributed by atoms with E-state index in [9.17, 15) is 4.39 Å². The molecule has 1 aromatic carbocycles. The zero-order chi connectivity index (χ0) is 14.4. The maximum atomic E-state index is 13.4. The quantitative estimate of drug-likeness (QED) is 0.903. The fraction of sp³-hybridized carbons (Fsp3) is 0.647. The Balaban J connectivity index is 1.58. The van der Waals surface area contributed by atoms with Gasteiger partial charge in [0.2, 0.25) is 0 Å². The molecular weight excluding hydrogens is 265 g/mol. The Morgan fingerprint density at radius 1 is 1.24 bits per heavy atom. The Morgan fingerprint density at radius 2 is 2.10 bits per heavy atom. The second-order valence-corrected chi connectivity index (χ2v) is 7.02. The third-order valence-corrected chi connectivity index (χ3v) is 5.76. The van der Waals surface area contributed by atoms with Crippen LogP contribution in [0.2, 0.25) is 0 Å². The molecule has 1 aliphatic carbocycles. The van der Waals surface area contributed by atoms with Crippen LogP contribution in [0.3, 0.4) is 0 Å². The van der Waals surface area contributed by atoms with Crippen LogP contribution < -0.4 is 5.73 Å². The lowest BCUT2D eigenvalue weighted by Crippen LogP contribution is -2.73. The fourth-order valence-corrected chi connectivity index (χ4v) is 4.86. The standard InChI is InChI=1S/C17H24FN3/c18-14-4-1-3-13(9-14)12-21-8-7-20-6-2-5-16(20)17(21)10-15(19)11-17/h1,3-4,9,15-16H,2,5-8,10-12,19H2. The van der Waals surface area contributed by atoms with Gasteiger partial charge in [0, 0.05) is 37.3 Å². The van der Waals surface area contributed by atoms with Crippen LogP contribution in [0.1, 0.15) is 31.2 Å². The maximum absolute atomic E-state index is 13.4. The number of halogens is 1. The first kappa shape index (κ1) is 13.7.